The smallest absolute Gasteiger partial charge is 0.185 e. The Morgan fingerprint density at radius 2 is 2.00 bits per heavy atom. The Morgan fingerprint density at radius 3 is 2.46 bits per heavy atom. The summed E-state index contributed by atoms with van der Waals surface area (Å²) in [5.74, 6) is 0.0423. The van der Waals surface area contributed by atoms with Crippen molar-refractivity contribution in [1.29, 1.82) is 0 Å². The number of hydrogen-bond donors (Lipinski definition) is 0. The SMILES string of the molecule is Cc1cnc(C(=O)C(C)C)c(C)n1. The number of aryl methyl sites for hydroxylation is 2. The molecule has 0 unspecified atom stereocenters. The van der Waals surface area contributed by atoms with E-state index in [2.05, 4.69) is 9.97 Å². The average Bonchev–Trinajstić information content (AvgIpc) is 2.03. The third-order valence-electron chi connectivity index (χ3n) is 1.83. The minimum absolute atomic E-state index is 0.0179. The molecule has 0 aromatic carbocycles. The summed E-state index contributed by atoms with van der Waals surface area (Å²) >= 11 is 0. The van der Waals surface area contributed by atoms with Crippen LogP contribution in [0.25, 0.3) is 0 Å². The normalized spacial score (nSPS) is 10.5. The van der Waals surface area contributed by atoms with Gasteiger partial charge in [0.15, 0.2) is 5.78 Å². The van der Waals surface area contributed by atoms with Crippen LogP contribution in [0.1, 0.15) is 35.7 Å². The molecule has 70 valence electrons. The molecule has 0 atom stereocenters. The van der Waals surface area contributed by atoms with Crippen LogP contribution in [0.5, 0.6) is 0 Å². The molecule has 0 saturated carbocycles. The lowest BCUT2D eigenvalue weighted by Crippen LogP contribution is -2.12. The van der Waals surface area contributed by atoms with Crippen molar-refractivity contribution in [2.45, 2.75) is 27.7 Å². The highest BCUT2D eigenvalue weighted by Gasteiger charge is 2.14. The summed E-state index contributed by atoms with van der Waals surface area (Å²) in [6.07, 6.45) is 1.63. The summed E-state index contributed by atoms with van der Waals surface area (Å²) in [5, 5.41) is 0. The minimum atomic E-state index is -0.0179. The Balaban J connectivity index is 3.09. The predicted molar refractivity (Wildman–Crippen MR) is 50.7 cm³/mol. The van der Waals surface area contributed by atoms with Crippen LogP contribution in [0.2, 0.25) is 0 Å². The van der Waals surface area contributed by atoms with Crippen molar-refractivity contribution < 1.29 is 4.79 Å². The molecular formula is C10H14N2O. The molecule has 0 radical (unpaired) electrons. The molecule has 0 spiro atoms. The van der Waals surface area contributed by atoms with Crippen molar-refractivity contribution >= 4 is 5.78 Å². The molecular weight excluding hydrogens is 164 g/mol. The van der Waals surface area contributed by atoms with Crippen molar-refractivity contribution in [2.24, 2.45) is 5.92 Å². The van der Waals surface area contributed by atoms with Gasteiger partial charge in [0.1, 0.15) is 5.69 Å². The summed E-state index contributed by atoms with van der Waals surface area (Å²) in [4.78, 5) is 19.9. The van der Waals surface area contributed by atoms with E-state index in [1.165, 1.54) is 0 Å². The van der Waals surface area contributed by atoms with Crippen LogP contribution < -0.4 is 0 Å². The van der Waals surface area contributed by atoms with E-state index in [1.54, 1.807) is 6.20 Å². The number of hydrogen-bond acceptors (Lipinski definition) is 3. The molecule has 0 N–H and O–H groups in total. The maximum absolute atomic E-state index is 11.6. The highest BCUT2D eigenvalue weighted by Crippen LogP contribution is 2.08. The van der Waals surface area contributed by atoms with Gasteiger partial charge in [0.2, 0.25) is 0 Å². The summed E-state index contributed by atoms with van der Waals surface area (Å²) < 4.78 is 0. The standard InChI is InChI=1S/C10H14N2O/c1-6(2)10(13)9-8(4)12-7(3)5-11-9/h5-6H,1-4H3. The molecule has 0 bridgehead atoms. The quantitative estimate of drug-likeness (QED) is 0.650. The second-order valence-corrected chi connectivity index (χ2v) is 3.46. The lowest BCUT2D eigenvalue weighted by atomic mass is 10.0. The van der Waals surface area contributed by atoms with Gasteiger partial charge < -0.3 is 0 Å². The first kappa shape index (κ1) is 9.84. The van der Waals surface area contributed by atoms with Crippen LogP contribution >= 0.6 is 0 Å². The minimum Gasteiger partial charge on any atom is -0.292 e. The van der Waals surface area contributed by atoms with Crippen molar-refractivity contribution in [3.8, 4) is 0 Å². The van der Waals surface area contributed by atoms with Gasteiger partial charge in [-0.3, -0.25) is 9.78 Å². The highest BCUT2D eigenvalue weighted by atomic mass is 16.1. The monoisotopic (exact) mass is 178 g/mol. The Kier molecular flexibility index (Phi) is 2.76. The molecule has 13 heavy (non-hydrogen) atoms. The molecule has 1 rings (SSSR count). The van der Waals surface area contributed by atoms with E-state index in [1.807, 2.05) is 27.7 Å². The number of carbonyl (C=O) groups is 1. The van der Waals surface area contributed by atoms with Gasteiger partial charge in [0.05, 0.1) is 11.4 Å². The third kappa shape index (κ3) is 2.11. The molecule has 1 aromatic rings. The van der Waals surface area contributed by atoms with Gasteiger partial charge >= 0.3 is 0 Å². The summed E-state index contributed by atoms with van der Waals surface area (Å²) in [6, 6.07) is 0. The van der Waals surface area contributed by atoms with E-state index in [4.69, 9.17) is 0 Å². The first-order valence-corrected chi connectivity index (χ1v) is 4.37. The zero-order valence-corrected chi connectivity index (χ0v) is 8.46. The zero-order valence-electron chi connectivity index (χ0n) is 8.46. The van der Waals surface area contributed by atoms with E-state index in [-0.39, 0.29) is 11.7 Å². The fourth-order valence-electron chi connectivity index (χ4n) is 1.11. The summed E-state index contributed by atoms with van der Waals surface area (Å²) in [5.41, 5.74) is 2.07. The Labute approximate surface area is 78.2 Å². The molecule has 1 heterocycles. The number of carbonyl (C=O) groups excluding carboxylic acids is 1. The van der Waals surface area contributed by atoms with Gasteiger partial charge in [-0.1, -0.05) is 13.8 Å². The number of nitrogens with zero attached hydrogens (tertiary/aromatic N) is 2. The van der Waals surface area contributed by atoms with Crippen molar-refractivity contribution in [3.63, 3.8) is 0 Å². The van der Waals surface area contributed by atoms with Crippen LogP contribution in [0.4, 0.5) is 0 Å². The van der Waals surface area contributed by atoms with Crippen LogP contribution in [-0.4, -0.2) is 15.8 Å². The van der Waals surface area contributed by atoms with Crippen LogP contribution in [0.15, 0.2) is 6.20 Å². The van der Waals surface area contributed by atoms with Gasteiger partial charge in [-0.15, -0.1) is 0 Å². The largest absolute Gasteiger partial charge is 0.292 e. The fraction of sp³-hybridized carbons (Fsp3) is 0.500. The fourth-order valence-corrected chi connectivity index (χ4v) is 1.11. The maximum atomic E-state index is 11.6. The first-order chi connectivity index (χ1) is 6.02. The topological polar surface area (TPSA) is 42.9 Å². The van der Waals surface area contributed by atoms with Gasteiger partial charge in [-0.05, 0) is 13.8 Å². The molecule has 0 fully saturated rings. The second-order valence-electron chi connectivity index (χ2n) is 3.46. The molecule has 0 aliphatic carbocycles. The van der Waals surface area contributed by atoms with Crippen LogP contribution in [-0.2, 0) is 0 Å². The average molecular weight is 178 g/mol. The molecule has 3 nitrogen and oxygen atoms in total. The van der Waals surface area contributed by atoms with Crippen LogP contribution in [0, 0.1) is 19.8 Å². The third-order valence-corrected chi connectivity index (χ3v) is 1.83. The van der Waals surface area contributed by atoms with Gasteiger partial charge in [0, 0.05) is 12.1 Å². The lowest BCUT2D eigenvalue weighted by molar-refractivity contribution is 0.0933. The van der Waals surface area contributed by atoms with Gasteiger partial charge in [-0.25, -0.2) is 4.98 Å². The zero-order chi connectivity index (χ0) is 10.0. The van der Waals surface area contributed by atoms with E-state index in [0.29, 0.717) is 5.69 Å². The first-order valence-electron chi connectivity index (χ1n) is 4.37. The predicted octanol–water partition coefficient (Wildman–Crippen LogP) is 1.93. The van der Waals surface area contributed by atoms with E-state index in [0.717, 1.165) is 11.4 Å². The number of ketones is 1. The molecule has 0 saturated heterocycles. The summed E-state index contributed by atoms with van der Waals surface area (Å²) in [6.45, 7) is 7.41. The van der Waals surface area contributed by atoms with Crippen molar-refractivity contribution in [3.05, 3.63) is 23.3 Å². The maximum Gasteiger partial charge on any atom is 0.185 e. The number of aromatic nitrogens is 2. The summed E-state index contributed by atoms with van der Waals surface area (Å²) in [7, 11) is 0. The Morgan fingerprint density at radius 1 is 1.38 bits per heavy atom. The Hall–Kier alpha value is -1.25. The van der Waals surface area contributed by atoms with Crippen LogP contribution in [0.3, 0.4) is 0 Å². The van der Waals surface area contributed by atoms with E-state index in [9.17, 15) is 4.79 Å². The lowest BCUT2D eigenvalue weighted by Gasteiger charge is -2.05. The Bertz CT molecular complexity index is 332. The number of Topliss-reactive ketones (excluding diaryl/α,β-unsaturated/α-hetero) is 1. The molecule has 0 amide bonds. The van der Waals surface area contributed by atoms with Gasteiger partial charge in [0.25, 0.3) is 0 Å². The van der Waals surface area contributed by atoms with E-state index < -0.39 is 0 Å². The molecule has 0 aliphatic heterocycles. The van der Waals surface area contributed by atoms with Gasteiger partial charge in [-0.2, -0.15) is 0 Å². The highest BCUT2D eigenvalue weighted by molar-refractivity contribution is 5.96. The van der Waals surface area contributed by atoms with Crippen molar-refractivity contribution in [1.82, 2.24) is 9.97 Å². The van der Waals surface area contributed by atoms with E-state index >= 15 is 0 Å². The second kappa shape index (κ2) is 3.64. The van der Waals surface area contributed by atoms with Crippen molar-refractivity contribution in [2.75, 3.05) is 0 Å². The molecule has 0 aliphatic rings. The molecule has 1 aromatic heterocycles. The molecule has 3 heteroatoms. The number of rotatable bonds is 2.